The van der Waals surface area contributed by atoms with Gasteiger partial charge in [-0.15, -0.1) is 0 Å². The van der Waals surface area contributed by atoms with Crippen molar-refractivity contribution in [1.29, 1.82) is 0 Å². The van der Waals surface area contributed by atoms with E-state index >= 15 is 0 Å². The van der Waals surface area contributed by atoms with E-state index in [1.165, 1.54) is 0 Å². The molecule has 0 radical (unpaired) electrons. The Hall–Kier alpha value is -1.10. The summed E-state index contributed by atoms with van der Waals surface area (Å²) in [5, 5.41) is 12.5. The lowest BCUT2D eigenvalue weighted by molar-refractivity contribution is -0.121. The highest BCUT2D eigenvalue weighted by Gasteiger charge is 2.22. The van der Waals surface area contributed by atoms with Gasteiger partial charge >= 0.3 is 0 Å². The van der Waals surface area contributed by atoms with Gasteiger partial charge in [-0.05, 0) is 24.9 Å². The molecule has 6 heteroatoms. The van der Waals surface area contributed by atoms with Crippen LogP contribution in [0.5, 0.6) is 0 Å². The molecule has 1 rings (SSSR count). The van der Waals surface area contributed by atoms with Crippen molar-refractivity contribution in [2.75, 3.05) is 26.2 Å². The molecule has 1 aliphatic rings. The smallest absolute Gasteiger partial charge is 0.146 e. The first kappa shape index (κ1) is 13.0. The molecule has 0 bridgehead atoms. The fourth-order valence-electron chi connectivity index (χ4n) is 2.00. The molecule has 0 aliphatic carbocycles. The SMILES string of the molecule is [N-]=[N+]=NCCC(=O)CN1CCCCC1CO. The van der Waals surface area contributed by atoms with Gasteiger partial charge in [-0.25, -0.2) is 0 Å². The first-order chi connectivity index (χ1) is 7.77. The number of carbonyl (C=O) groups excluding carboxylic acids is 1. The molecule has 6 nitrogen and oxygen atoms in total. The number of ketones is 1. The fourth-order valence-corrected chi connectivity index (χ4v) is 2.00. The van der Waals surface area contributed by atoms with Gasteiger partial charge in [-0.1, -0.05) is 11.5 Å². The number of hydrogen-bond donors (Lipinski definition) is 1. The third-order valence-electron chi connectivity index (χ3n) is 2.89. The van der Waals surface area contributed by atoms with Crippen LogP contribution in [-0.2, 0) is 4.79 Å². The van der Waals surface area contributed by atoms with Gasteiger partial charge in [0.15, 0.2) is 0 Å². The van der Waals surface area contributed by atoms with E-state index in [2.05, 4.69) is 10.0 Å². The largest absolute Gasteiger partial charge is 0.395 e. The average Bonchev–Trinajstić information content (AvgIpc) is 2.30. The molecule has 1 heterocycles. The molecule has 1 unspecified atom stereocenters. The van der Waals surface area contributed by atoms with Gasteiger partial charge in [0, 0.05) is 23.9 Å². The number of hydrogen-bond acceptors (Lipinski definition) is 4. The predicted octanol–water partition coefficient (Wildman–Crippen LogP) is 1.10. The summed E-state index contributed by atoms with van der Waals surface area (Å²) >= 11 is 0. The summed E-state index contributed by atoms with van der Waals surface area (Å²) in [7, 11) is 0. The summed E-state index contributed by atoms with van der Waals surface area (Å²) in [4.78, 5) is 16.2. The third-order valence-corrected chi connectivity index (χ3v) is 2.89. The Balaban J connectivity index is 2.33. The molecule has 0 saturated carbocycles. The Morgan fingerprint density at radius 2 is 2.38 bits per heavy atom. The van der Waals surface area contributed by atoms with Gasteiger partial charge in [0.05, 0.1) is 13.2 Å². The summed E-state index contributed by atoms with van der Waals surface area (Å²) in [6.45, 7) is 1.58. The van der Waals surface area contributed by atoms with Crippen molar-refractivity contribution in [2.24, 2.45) is 5.11 Å². The van der Waals surface area contributed by atoms with Crippen LogP contribution in [0, 0.1) is 0 Å². The number of nitrogens with zero attached hydrogens (tertiary/aromatic N) is 4. The maximum atomic E-state index is 11.5. The van der Waals surface area contributed by atoms with Gasteiger partial charge in [-0.2, -0.15) is 0 Å². The van der Waals surface area contributed by atoms with E-state index in [0.717, 1.165) is 25.8 Å². The Morgan fingerprint density at radius 1 is 1.56 bits per heavy atom. The van der Waals surface area contributed by atoms with E-state index in [4.69, 9.17) is 10.6 Å². The molecule has 1 N–H and O–H groups in total. The molecule has 16 heavy (non-hydrogen) atoms. The highest BCUT2D eigenvalue weighted by Crippen LogP contribution is 2.16. The first-order valence-electron chi connectivity index (χ1n) is 5.65. The normalized spacial score (nSPS) is 21.4. The zero-order valence-corrected chi connectivity index (χ0v) is 9.38. The molecule has 1 aliphatic heterocycles. The molecular weight excluding hydrogens is 208 g/mol. The highest BCUT2D eigenvalue weighted by atomic mass is 16.3. The maximum absolute atomic E-state index is 11.5. The van der Waals surface area contributed by atoms with Crippen molar-refractivity contribution in [3.05, 3.63) is 10.4 Å². The van der Waals surface area contributed by atoms with E-state index in [0.29, 0.717) is 13.0 Å². The Labute approximate surface area is 94.9 Å². The fraction of sp³-hybridized carbons (Fsp3) is 0.900. The minimum atomic E-state index is 0.0766. The minimum Gasteiger partial charge on any atom is -0.395 e. The number of Topliss-reactive ketones (excluding diaryl/α,β-unsaturated/α-hetero) is 1. The van der Waals surface area contributed by atoms with Gasteiger partial charge in [0.25, 0.3) is 0 Å². The maximum Gasteiger partial charge on any atom is 0.146 e. The summed E-state index contributed by atoms with van der Waals surface area (Å²) < 4.78 is 0. The molecule has 0 aromatic rings. The molecule has 1 fully saturated rings. The van der Waals surface area contributed by atoms with Crippen LogP contribution in [0.3, 0.4) is 0 Å². The molecule has 90 valence electrons. The lowest BCUT2D eigenvalue weighted by Gasteiger charge is -2.33. The van der Waals surface area contributed by atoms with Crippen LogP contribution in [-0.4, -0.2) is 48.1 Å². The van der Waals surface area contributed by atoms with Crippen molar-refractivity contribution < 1.29 is 9.90 Å². The number of carbonyl (C=O) groups is 1. The van der Waals surface area contributed by atoms with E-state index in [1.54, 1.807) is 0 Å². The second kappa shape index (κ2) is 7.22. The number of piperidine rings is 1. The van der Waals surface area contributed by atoms with Crippen LogP contribution >= 0.6 is 0 Å². The number of aliphatic hydroxyl groups excluding tert-OH is 1. The van der Waals surface area contributed by atoms with Gasteiger partial charge < -0.3 is 5.11 Å². The average molecular weight is 226 g/mol. The van der Waals surface area contributed by atoms with Crippen molar-refractivity contribution in [3.63, 3.8) is 0 Å². The first-order valence-corrected chi connectivity index (χ1v) is 5.65. The summed E-state index contributed by atoms with van der Waals surface area (Å²) in [6.07, 6.45) is 3.45. The summed E-state index contributed by atoms with van der Waals surface area (Å²) in [5.74, 6) is 0.0766. The molecule has 0 aromatic carbocycles. The van der Waals surface area contributed by atoms with E-state index in [-0.39, 0.29) is 25.0 Å². The number of aliphatic hydroxyl groups is 1. The van der Waals surface area contributed by atoms with Crippen LogP contribution in [0.2, 0.25) is 0 Å². The van der Waals surface area contributed by atoms with Crippen molar-refractivity contribution >= 4 is 5.78 Å². The standard InChI is InChI=1S/C10H18N4O2/c11-13-12-5-4-10(16)7-14-6-2-1-3-9(14)8-15/h9,15H,1-8H2. The summed E-state index contributed by atoms with van der Waals surface area (Å²) in [6, 6.07) is 0.122. The van der Waals surface area contributed by atoms with Gasteiger partial charge in [0.1, 0.15) is 5.78 Å². The van der Waals surface area contributed by atoms with Crippen molar-refractivity contribution in [3.8, 4) is 0 Å². The molecular formula is C10H18N4O2. The van der Waals surface area contributed by atoms with Crippen LogP contribution in [0.15, 0.2) is 5.11 Å². The van der Waals surface area contributed by atoms with Crippen LogP contribution in [0.4, 0.5) is 0 Å². The summed E-state index contributed by atoms with van der Waals surface area (Å²) in [5.41, 5.74) is 8.08. The number of azide groups is 1. The Kier molecular flexibility index (Phi) is 5.85. The minimum absolute atomic E-state index is 0.0766. The topological polar surface area (TPSA) is 89.3 Å². The van der Waals surface area contributed by atoms with Gasteiger partial charge in [0.2, 0.25) is 0 Å². The van der Waals surface area contributed by atoms with E-state index in [9.17, 15) is 4.79 Å². The molecule has 1 saturated heterocycles. The van der Waals surface area contributed by atoms with Crippen molar-refractivity contribution in [2.45, 2.75) is 31.7 Å². The zero-order valence-electron chi connectivity index (χ0n) is 9.38. The van der Waals surface area contributed by atoms with Crippen LogP contribution in [0.1, 0.15) is 25.7 Å². The van der Waals surface area contributed by atoms with Crippen LogP contribution < -0.4 is 0 Å². The van der Waals surface area contributed by atoms with Crippen LogP contribution in [0.25, 0.3) is 10.4 Å². The zero-order chi connectivity index (χ0) is 11.8. The number of likely N-dealkylation sites (tertiary alicyclic amines) is 1. The lowest BCUT2D eigenvalue weighted by atomic mass is 10.0. The molecule has 1 atom stereocenters. The Bertz CT molecular complexity index is 276. The molecule has 0 amide bonds. The quantitative estimate of drug-likeness (QED) is 0.418. The second-order valence-corrected chi connectivity index (χ2v) is 4.05. The van der Waals surface area contributed by atoms with Gasteiger partial charge in [-0.3, -0.25) is 9.69 Å². The highest BCUT2D eigenvalue weighted by molar-refractivity contribution is 5.80. The molecule has 0 spiro atoms. The third kappa shape index (κ3) is 4.18. The van der Waals surface area contributed by atoms with E-state index in [1.807, 2.05) is 4.90 Å². The Morgan fingerprint density at radius 3 is 3.06 bits per heavy atom. The lowest BCUT2D eigenvalue weighted by Crippen LogP contribution is -2.44. The van der Waals surface area contributed by atoms with E-state index < -0.39 is 0 Å². The van der Waals surface area contributed by atoms with Crippen molar-refractivity contribution in [1.82, 2.24) is 4.90 Å². The molecule has 0 aromatic heterocycles. The second-order valence-electron chi connectivity index (χ2n) is 4.05. The number of rotatable bonds is 6. The predicted molar refractivity (Wildman–Crippen MR) is 59.9 cm³/mol. The monoisotopic (exact) mass is 226 g/mol.